The number of benzene rings is 1. The van der Waals surface area contributed by atoms with Gasteiger partial charge < -0.3 is 19.1 Å². The fraction of sp³-hybridized carbons (Fsp3) is 0.476. The first-order valence-corrected chi connectivity index (χ1v) is 9.46. The summed E-state index contributed by atoms with van der Waals surface area (Å²) >= 11 is 0. The Morgan fingerprint density at radius 3 is 2.50 bits per heavy atom. The zero-order valence-corrected chi connectivity index (χ0v) is 16.9. The molecule has 0 aliphatic carbocycles. The van der Waals surface area contributed by atoms with E-state index >= 15 is 0 Å². The van der Waals surface area contributed by atoms with Crippen LogP contribution < -0.4 is 14.2 Å². The van der Waals surface area contributed by atoms with Crippen molar-refractivity contribution in [2.45, 2.75) is 39.2 Å². The van der Waals surface area contributed by atoms with Crippen LogP contribution in [-0.4, -0.2) is 54.2 Å². The minimum atomic E-state index is -0.0932. The molecule has 0 bridgehead atoms. The molecule has 1 aromatic carbocycles. The summed E-state index contributed by atoms with van der Waals surface area (Å²) in [5.41, 5.74) is 2.64. The standard InChI is InChI=1S/C21H27N3O4/c1-14-10-15(2)23-21(22-14)28-17-6-5-9-24(13-17)20(25)12-16-7-8-18(26-3)19(11-16)27-4/h7-8,10-11,17H,5-6,9,12-13H2,1-4H3. The molecular formula is C21H27N3O4. The first-order valence-electron chi connectivity index (χ1n) is 9.46. The minimum absolute atomic E-state index is 0.0712. The molecule has 2 heterocycles. The van der Waals surface area contributed by atoms with Crippen LogP contribution in [0.5, 0.6) is 17.5 Å². The monoisotopic (exact) mass is 385 g/mol. The zero-order chi connectivity index (χ0) is 20.1. The van der Waals surface area contributed by atoms with Gasteiger partial charge >= 0.3 is 6.01 Å². The van der Waals surface area contributed by atoms with E-state index in [1.54, 1.807) is 14.2 Å². The number of methoxy groups -OCH3 is 2. The Hall–Kier alpha value is -2.83. The third kappa shape index (κ3) is 4.91. The molecule has 0 spiro atoms. The normalized spacial score (nSPS) is 16.6. The van der Waals surface area contributed by atoms with E-state index in [0.717, 1.165) is 36.3 Å². The number of aromatic nitrogens is 2. The van der Waals surface area contributed by atoms with Crippen molar-refractivity contribution in [2.75, 3.05) is 27.3 Å². The maximum atomic E-state index is 12.8. The predicted octanol–water partition coefficient (Wildman–Crippen LogP) is 2.72. The van der Waals surface area contributed by atoms with E-state index in [4.69, 9.17) is 14.2 Å². The summed E-state index contributed by atoms with van der Waals surface area (Å²) in [6.45, 7) is 5.12. The SMILES string of the molecule is COc1ccc(CC(=O)N2CCCC(Oc3nc(C)cc(C)n3)C2)cc1OC. The van der Waals surface area contributed by atoms with Crippen LogP contribution in [0.3, 0.4) is 0 Å². The Balaban J connectivity index is 1.62. The van der Waals surface area contributed by atoms with Gasteiger partial charge in [0.25, 0.3) is 0 Å². The molecule has 28 heavy (non-hydrogen) atoms. The lowest BCUT2D eigenvalue weighted by Crippen LogP contribution is -2.45. The summed E-state index contributed by atoms with van der Waals surface area (Å²) in [5.74, 6) is 1.35. The van der Waals surface area contributed by atoms with Crippen LogP contribution in [-0.2, 0) is 11.2 Å². The summed E-state index contributed by atoms with van der Waals surface area (Å²) in [7, 11) is 3.18. The molecule has 150 valence electrons. The quantitative estimate of drug-likeness (QED) is 0.761. The van der Waals surface area contributed by atoms with E-state index in [1.165, 1.54) is 0 Å². The number of aryl methyl sites for hydroxylation is 2. The maximum Gasteiger partial charge on any atom is 0.317 e. The van der Waals surface area contributed by atoms with Gasteiger partial charge in [-0.3, -0.25) is 4.79 Å². The molecule has 1 fully saturated rings. The van der Waals surface area contributed by atoms with Gasteiger partial charge in [0, 0.05) is 17.9 Å². The van der Waals surface area contributed by atoms with E-state index in [1.807, 2.05) is 43.0 Å². The van der Waals surface area contributed by atoms with E-state index in [-0.39, 0.29) is 12.0 Å². The lowest BCUT2D eigenvalue weighted by atomic mass is 10.1. The van der Waals surface area contributed by atoms with Crippen molar-refractivity contribution in [2.24, 2.45) is 0 Å². The second-order valence-corrected chi connectivity index (χ2v) is 7.02. The molecule has 1 aliphatic rings. The van der Waals surface area contributed by atoms with Crippen molar-refractivity contribution >= 4 is 5.91 Å². The fourth-order valence-corrected chi connectivity index (χ4v) is 3.43. The molecule has 1 saturated heterocycles. The van der Waals surface area contributed by atoms with Crippen LogP contribution in [0.2, 0.25) is 0 Å². The van der Waals surface area contributed by atoms with Crippen molar-refractivity contribution in [1.29, 1.82) is 0 Å². The van der Waals surface area contributed by atoms with Crippen molar-refractivity contribution in [3.63, 3.8) is 0 Å². The zero-order valence-electron chi connectivity index (χ0n) is 16.9. The molecule has 7 heteroatoms. The number of hydrogen-bond donors (Lipinski definition) is 0. The number of piperidine rings is 1. The molecule has 0 saturated carbocycles. The van der Waals surface area contributed by atoms with Crippen molar-refractivity contribution in [1.82, 2.24) is 14.9 Å². The van der Waals surface area contributed by atoms with Crippen LogP contribution in [0.4, 0.5) is 0 Å². The molecule has 0 radical (unpaired) electrons. The van der Waals surface area contributed by atoms with Gasteiger partial charge in [0.1, 0.15) is 6.10 Å². The molecule has 2 aromatic rings. The van der Waals surface area contributed by atoms with Crippen LogP contribution in [0.25, 0.3) is 0 Å². The Bertz CT molecular complexity index is 820. The molecule has 7 nitrogen and oxygen atoms in total. The van der Waals surface area contributed by atoms with Gasteiger partial charge in [-0.2, -0.15) is 0 Å². The van der Waals surface area contributed by atoms with Crippen LogP contribution in [0, 0.1) is 13.8 Å². The Morgan fingerprint density at radius 2 is 1.82 bits per heavy atom. The highest BCUT2D eigenvalue weighted by Gasteiger charge is 2.26. The van der Waals surface area contributed by atoms with E-state index < -0.39 is 0 Å². The number of hydrogen-bond acceptors (Lipinski definition) is 6. The summed E-state index contributed by atoms with van der Waals surface area (Å²) in [4.78, 5) is 23.3. The van der Waals surface area contributed by atoms with Crippen molar-refractivity contribution < 1.29 is 19.0 Å². The van der Waals surface area contributed by atoms with Gasteiger partial charge in [0.05, 0.1) is 27.2 Å². The summed E-state index contributed by atoms with van der Waals surface area (Å²) in [6, 6.07) is 7.85. The lowest BCUT2D eigenvalue weighted by Gasteiger charge is -2.32. The number of carbonyl (C=O) groups excluding carboxylic acids is 1. The van der Waals surface area contributed by atoms with Crippen LogP contribution in [0.15, 0.2) is 24.3 Å². The Labute approximate surface area is 165 Å². The number of likely N-dealkylation sites (tertiary alicyclic amines) is 1. The molecular weight excluding hydrogens is 358 g/mol. The molecule has 1 aliphatic heterocycles. The molecule has 1 aromatic heterocycles. The Kier molecular flexibility index (Phi) is 6.34. The summed E-state index contributed by atoms with van der Waals surface area (Å²) < 4.78 is 16.5. The number of ether oxygens (including phenoxy) is 3. The number of nitrogens with zero attached hydrogens (tertiary/aromatic N) is 3. The third-order valence-electron chi connectivity index (χ3n) is 4.77. The minimum Gasteiger partial charge on any atom is -0.493 e. The first kappa shape index (κ1) is 19.9. The van der Waals surface area contributed by atoms with Gasteiger partial charge in [-0.1, -0.05) is 6.07 Å². The number of rotatable bonds is 6. The largest absolute Gasteiger partial charge is 0.493 e. The van der Waals surface area contributed by atoms with Gasteiger partial charge in [-0.25, -0.2) is 9.97 Å². The Morgan fingerprint density at radius 1 is 1.11 bits per heavy atom. The molecule has 0 N–H and O–H groups in total. The van der Waals surface area contributed by atoms with Crippen molar-refractivity contribution in [3.05, 3.63) is 41.2 Å². The maximum absolute atomic E-state index is 12.8. The third-order valence-corrected chi connectivity index (χ3v) is 4.77. The lowest BCUT2D eigenvalue weighted by molar-refractivity contribution is -0.133. The molecule has 1 amide bonds. The topological polar surface area (TPSA) is 73.8 Å². The van der Waals surface area contributed by atoms with Crippen LogP contribution in [0.1, 0.15) is 29.8 Å². The average Bonchev–Trinajstić information content (AvgIpc) is 2.67. The van der Waals surface area contributed by atoms with E-state index in [0.29, 0.717) is 30.5 Å². The fourth-order valence-electron chi connectivity index (χ4n) is 3.43. The van der Waals surface area contributed by atoms with Gasteiger partial charge in [-0.05, 0) is 50.5 Å². The second-order valence-electron chi connectivity index (χ2n) is 7.02. The molecule has 1 unspecified atom stereocenters. The highest BCUT2D eigenvalue weighted by Crippen LogP contribution is 2.28. The predicted molar refractivity (Wildman–Crippen MR) is 105 cm³/mol. The van der Waals surface area contributed by atoms with Gasteiger partial charge in [0.15, 0.2) is 11.5 Å². The summed E-state index contributed by atoms with van der Waals surface area (Å²) in [6.07, 6.45) is 2.00. The van der Waals surface area contributed by atoms with Crippen LogP contribution >= 0.6 is 0 Å². The van der Waals surface area contributed by atoms with Crippen molar-refractivity contribution in [3.8, 4) is 17.5 Å². The van der Waals surface area contributed by atoms with E-state index in [2.05, 4.69) is 9.97 Å². The second kappa shape index (κ2) is 8.91. The molecule has 3 rings (SSSR count). The summed E-state index contributed by atoms with van der Waals surface area (Å²) in [5, 5.41) is 0. The number of amides is 1. The smallest absolute Gasteiger partial charge is 0.317 e. The van der Waals surface area contributed by atoms with Gasteiger partial charge in [-0.15, -0.1) is 0 Å². The first-order chi connectivity index (χ1) is 13.5. The highest BCUT2D eigenvalue weighted by atomic mass is 16.5. The van der Waals surface area contributed by atoms with E-state index in [9.17, 15) is 4.79 Å². The molecule has 1 atom stereocenters. The highest BCUT2D eigenvalue weighted by molar-refractivity contribution is 5.79. The number of carbonyl (C=O) groups is 1. The van der Waals surface area contributed by atoms with Gasteiger partial charge in [0.2, 0.25) is 5.91 Å². The average molecular weight is 385 g/mol.